The molecule has 154 valence electrons. The van der Waals surface area contributed by atoms with Gasteiger partial charge < -0.3 is 19.2 Å². The van der Waals surface area contributed by atoms with Gasteiger partial charge in [0.2, 0.25) is 0 Å². The lowest BCUT2D eigenvalue weighted by Gasteiger charge is -2.11. The van der Waals surface area contributed by atoms with Gasteiger partial charge in [0.05, 0.1) is 26.1 Å². The van der Waals surface area contributed by atoms with Crippen molar-refractivity contribution in [3.63, 3.8) is 0 Å². The van der Waals surface area contributed by atoms with E-state index in [9.17, 15) is 9.59 Å². The summed E-state index contributed by atoms with van der Waals surface area (Å²) in [7, 11) is 1.56. The van der Waals surface area contributed by atoms with Crippen LogP contribution in [-0.4, -0.2) is 25.1 Å². The summed E-state index contributed by atoms with van der Waals surface area (Å²) in [6.07, 6.45) is 2.89. The minimum Gasteiger partial charge on any atom is -0.493 e. The van der Waals surface area contributed by atoms with Crippen LogP contribution >= 0.6 is 0 Å². The minimum absolute atomic E-state index is 0.115. The molecule has 1 heterocycles. The smallest absolute Gasteiger partial charge is 0.329 e. The summed E-state index contributed by atoms with van der Waals surface area (Å²) >= 11 is 0. The molecule has 0 aliphatic carbocycles. The van der Waals surface area contributed by atoms with Crippen molar-refractivity contribution < 1.29 is 23.5 Å². The van der Waals surface area contributed by atoms with Gasteiger partial charge in [0.15, 0.2) is 11.5 Å². The van der Waals surface area contributed by atoms with Crippen molar-refractivity contribution >= 4 is 18.0 Å². The fraction of sp³-hybridized carbons (Fsp3) is 0.136. The molecule has 0 saturated carbocycles. The average molecular weight is 407 g/mol. The van der Waals surface area contributed by atoms with Crippen LogP contribution in [0, 0.1) is 0 Å². The van der Waals surface area contributed by atoms with Gasteiger partial charge in [0.25, 0.3) is 0 Å². The Kier molecular flexibility index (Phi) is 7.21. The van der Waals surface area contributed by atoms with Crippen molar-refractivity contribution in [3.05, 3.63) is 83.8 Å². The first-order valence-electron chi connectivity index (χ1n) is 9.14. The topological polar surface area (TPSA) is 102 Å². The van der Waals surface area contributed by atoms with Crippen molar-refractivity contribution in [2.75, 3.05) is 7.11 Å². The van der Waals surface area contributed by atoms with Crippen LogP contribution in [0.5, 0.6) is 11.5 Å². The van der Waals surface area contributed by atoms with Gasteiger partial charge in [-0.25, -0.2) is 5.43 Å². The van der Waals surface area contributed by atoms with E-state index in [2.05, 4.69) is 15.8 Å². The van der Waals surface area contributed by atoms with Crippen molar-refractivity contribution in [3.8, 4) is 11.5 Å². The van der Waals surface area contributed by atoms with Crippen molar-refractivity contribution in [2.45, 2.75) is 13.2 Å². The normalized spacial score (nSPS) is 10.6. The molecule has 2 amide bonds. The molecule has 2 aromatic carbocycles. The second kappa shape index (κ2) is 10.5. The molecule has 30 heavy (non-hydrogen) atoms. The van der Waals surface area contributed by atoms with Crippen molar-refractivity contribution in [1.82, 2.24) is 10.7 Å². The number of hydrogen-bond acceptors (Lipinski definition) is 6. The number of amides is 2. The second-order valence-corrected chi connectivity index (χ2v) is 6.15. The molecule has 1 aromatic heterocycles. The Hall–Kier alpha value is -4.07. The molecular weight excluding hydrogens is 386 g/mol. The van der Waals surface area contributed by atoms with E-state index in [0.29, 0.717) is 29.4 Å². The maximum Gasteiger partial charge on any atom is 0.329 e. The van der Waals surface area contributed by atoms with Gasteiger partial charge in [0.1, 0.15) is 12.4 Å². The van der Waals surface area contributed by atoms with E-state index in [-0.39, 0.29) is 6.54 Å². The van der Waals surface area contributed by atoms with E-state index >= 15 is 0 Å². The molecule has 3 rings (SSSR count). The molecule has 0 unspecified atom stereocenters. The van der Waals surface area contributed by atoms with Crippen LogP contribution in [-0.2, 0) is 22.7 Å². The zero-order valence-electron chi connectivity index (χ0n) is 16.3. The maximum atomic E-state index is 11.8. The van der Waals surface area contributed by atoms with E-state index in [1.807, 2.05) is 30.3 Å². The van der Waals surface area contributed by atoms with E-state index in [0.717, 1.165) is 5.56 Å². The molecule has 0 fully saturated rings. The van der Waals surface area contributed by atoms with Crippen LogP contribution in [0.25, 0.3) is 0 Å². The SMILES string of the molecule is COc1ccc(/C=N/NC(=O)C(=O)NCc2ccco2)cc1OCc1ccccc1. The number of carbonyl (C=O) groups is 2. The second-order valence-electron chi connectivity index (χ2n) is 6.15. The van der Waals surface area contributed by atoms with Crippen molar-refractivity contribution in [1.29, 1.82) is 0 Å². The van der Waals surface area contributed by atoms with E-state index in [1.54, 1.807) is 37.4 Å². The summed E-state index contributed by atoms with van der Waals surface area (Å²) in [6, 6.07) is 18.3. The van der Waals surface area contributed by atoms with E-state index < -0.39 is 11.8 Å². The van der Waals surface area contributed by atoms with E-state index in [1.165, 1.54) is 12.5 Å². The van der Waals surface area contributed by atoms with Crippen LogP contribution in [0.3, 0.4) is 0 Å². The number of nitrogens with zero attached hydrogens (tertiary/aromatic N) is 1. The summed E-state index contributed by atoms with van der Waals surface area (Å²) in [5.74, 6) is -0.0461. The molecule has 0 bridgehead atoms. The molecule has 0 aliphatic rings. The molecule has 0 radical (unpaired) electrons. The molecule has 8 nitrogen and oxygen atoms in total. The van der Waals surface area contributed by atoms with Gasteiger partial charge in [-0.2, -0.15) is 5.10 Å². The Bertz CT molecular complexity index is 1000. The van der Waals surface area contributed by atoms with Crippen LogP contribution in [0.1, 0.15) is 16.9 Å². The fourth-order valence-corrected chi connectivity index (χ4v) is 2.50. The van der Waals surface area contributed by atoms with Crippen LogP contribution in [0.15, 0.2) is 76.4 Å². The Balaban J connectivity index is 1.55. The van der Waals surface area contributed by atoms with Gasteiger partial charge in [-0.3, -0.25) is 9.59 Å². The third kappa shape index (κ3) is 5.96. The summed E-state index contributed by atoms with van der Waals surface area (Å²) < 4.78 is 16.2. The monoisotopic (exact) mass is 407 g/mol. The highest BCUT2D eigenvalue weighted by Crippen LogP contribution is 2.28. The first kappa shape index (κ1) is 20.7. The molecule has 8 heteroatoms. The zero-order chi connectivity index (χ0) is 21.2. The number of hydrogen-bond donors (Lipinski definition) is 2. The van der Waals surface area contributed by atoms with E-state index in [4.69, 9.17) is 13.9 Å². The van der Waals surface area contributed by atoms with Gasteiger partial charge in [-0.15, -0.1) is 0 Å². The quantitative estimate of drug-likeness (QED) is 0.340. The lowest BCUT2D eigenvalue weighted by atomic mass is 10.2. The summed E-state index contributed by atoms with van der Waals surface area (Å²) in [4.78, 5) is 23.6. The summed E-state index contributed by atoms with van der Waals surface area (Å²) in [6.45, 7) is 0.494. The Labute approximate surface area is 173 Å². The molecule has 2 N–H and O–H groups in total. The highest BCUT2D eigenvalue weighted by Gasteiger charge is 2.12. The molecule has 0 spiro atoms. The molecular formula is C22H21N3O5. The number of ether oxygens (including phenoxy) is 2. The Morgan fingerprint density at radius 1 is 1.03 bits per heavy atom. The number of hydrazone groups is 1. The number of methoxy groups -OCH3 is 1. The lowest BCUT2D eigenvalue weighted by molar-refractivity contribution is -0.139. The Morgan fingerprint density at radius 3 is 2.60 bits per heavy atom. The maximum absolute atomic E-state index is 11.8. The first-order valence-corrected chi connectivity index (χ1v) is 9.14. The van der Waals surface area contributed by atoms with Crippen molar-refractivity contribution in [2.24, 2.45) is 5.10 Å². The number of furan rings is 1. The Morgan fingerprint density at radius 2 is 1.87 bits per heavy atom. The predicted molar refractivity (Wildman–Crippen MR) is 110 cm³/mol. The first-order chi connectivity index (χ1) is 14.7. The van der Waals surface area contributed by atoms with Gasteiger partial charge in [-0.05, 0) is 41.5 Å². The van der Waals surface area contributed by atoms with Crippen LogP contribution in [0.4, 0.5) is 0 Å². The highest BCUT2D eigenvalue weighted by molar-refractivity contribution is 6.35. The summed E-state index contributed by atoms with van der Waals surface area (Å²) in [5.41, 5.74) is 3.86. The molecule has 0 saturated heterocycles. The average Bonchev–Trinajstić information content (AvgIpc) is 3.30. The van der Waals surface area contributed by atoms with Gasteiger partial charge in [0, 0.05) is 0 Å². The number of rotatable bonds is 8. The zero-order valence-corrected chi connectivity index (χ0v) is 16.3. The highest BCUT2D eigenvalue weighted by atomic mass is 16.5. The van der Waals surface area contributed by atoms with Gasteiger partial charge in [-0.1, -0.05) is 30.3 Å². The minimum atomic E-state index is -0.883. The van der Waals surface area contributed by atoms with Crippen LogP contribution < -0.4 is 20.2 Å². The predicted octanol–water partition coefficient (Wildman–Crippen LogP) is 2.63. The standard InChI is InChI=1S/C22H21N3O5/c1-28-19-10-9-17(12-20(19)30-15-16-6-3-2-4-7-16)13-24-25-22(27)21(26)23-14-18-8-5-11-29-18/h2-13H,14-15H2,1H3,(H,23,26)(H,25,27)/b24-13+. The number of carbonyl (C=O) groups excluding carboxylic acids is 2. The number of benzene rings is 2. The van der Waals surface area contributed by atoms with Gasteiger partial charge >= 0.3 is 11.8 Å². The molecule has 3 aromatic rings. The fourth-order valence-electron chi connectivity index (χ4n) is 2.50. The number of nitrogens with one attached hydrogen (secondary N) is 2. The lowest BCUT2D eigenvalue weighted by Crippen LogP contribution is -2.37. The third-order valence-electron chi connectivity index (χ3n) is 4.01. The van der Waals surface area contributed by atoms with Crippen LogP contribution in [0.2, 0.25) is 0 Å². The molecule has 0 aliphatic heterocycles. The summed E-state index contributed by atoms with van der Waals surface area (Å²) in [5, 5.41) is 6.25. The largest absolute Gasteiger partial charge is 0.493 e. The molecule has 0 atom stereocenters. The third-order valence-corrected chi connectivity index (χ3v) is 4.01.